The number of nitrogens with one attached hydrogen (secondary N) is 2. The first-order chi connectivity index (χ1) is 13.3. The Balaban J connectivity index is 1.96. The van der Waals surface area contributed by atoms with E-state index >= 15 is 0 Å². The number of amides is 1. The highest BCUT2D eigenvalue weighted by Crippen LogP contribution is 2.25. The van der Waals surface area contributed by atoms with Crippen LogP contribution in [0.2, 0.25) is 0 Å². The molecule has 3 rings (SSSR count). The van der Waals surface area contributed by atoms with E-state index in [0.717, 1.165) is 11.8 Å². The number of aromatic nitrogens is 4. The van der Waals surface area contributed by atoms with Crippen molar-refractivity contribution in [2.75, 3.05) is 10.6 Å². The summed E-state index contributed by atoms with van der Waals surface area (Å²) in [4.78, 5) is 16.0. The van der Waals surface area contributed by atoms with Crippen LogP contribution in [0.25, 0.3) is 5.69 Å². The predicted molar refractivity (Wildman–Crippen MR) is 104 cm³/mol. The van der Waals surface area contributed by atoms with Crippen molar-refractivity contribution in [1.82, 2.24) is 20.0 Å². The fourth-order valence-corrected chi connectivity index (χ4v) is 2.43. The van der Waals surface area contributed by atoms with Crippen LogP contribution in [-0.2, 0) is 0 Å². The Morgan fingerprint density at radius 2 is 2.04 bits per heavy atom. The Labute approximate surface area is 160 Å². The topological polar surface area (TPSA) is 137 Å². The van der Waals surface area contributed by atoms with Crippen LogP contribution in [0.3, 0.4) is 0 Å². The summed E-state index contributed by atoms with van der Waals surface area (Å²) >= 11 is 0. The number of primary amides is 1. The van der Waals surface area contributed by atoms with Gasteiger partial charge in [-0.05, 0) is 38.1 Å². The molecule has 9 nitrogen and oxygen atoms in total. The number of carbonyl (C=O) groups is 1. The smallest absolute Gasteiger partial charge is 0.252 e. The zero-order valence-electron chi connectivity index (χ0n) is 15.4. The molecule has 0 aliphatic rings. The van der Waals surface area contributed by atoms with Gasteiger partial charge in [-0.25, -0.2) is 14.1 Å². The molecule has 3 aromatic rings. The minimum absolute atomic E-state index is 0.0234. The van der Waals surface area contributed by atoms with Crippen molar-refractivity contribution in [3.05, 3.63) is 54.1 Å². The van der Waals surface area contributed by atoms with Gasteiger partial charge in [-0.1, -0.05) is 11.3 Å². The monoisotopic (exact) mass is 384 g/mol. The largest absolute Gasteiger partial charge is 0.365 e. The van der Waals surface area contributed by atoms with Gasteiger partial charge < -0.3 is 22.1 Å². The molecule has 0 bridgehead atoms. The van der Waals surface area contributed by atoms with Gasteiger partial charge in [0, 0.05) is 17.8 Å². The number of rotatable bonds is 7. The highest BCUT2D eigenvalue weighted by atomic mass is 19.1. The van der Waals surface area contributed by atoms with E-state index < -0.39 is 11.7 Å². The molecule has 0 aliphatic heterocycles. The van der Waals surface area contributed by atoms with Crippen molar-refractivity contribution < 1.29 is 9.18 Å². The predicted octanol–water partition coefficient (Wildman–Crippen LogP) is 1.79. The normalized spacial score (nSPS) is 13.0. The van der Waals surface area contributed by atoms with E-state index in [1.54, 1.807) is 42.2 Å². The molecule has 6 N–H and O–H groups in total. The van der Waals surface area contributed by atoms with Gasteiger partial charge in [0.15, 0.2) is 11.6 Å². The van der Waals surface area contributed by atoms with Gasteiger partial charge in [0.2, 0.25) is 0 Å². The average molecular weight is 384 g/mol. The molecule has 28 heavy (non-hydrogen) atoms. The molecule has 0 fully saturated rings. The number of nitrogens with two attached hydrogens (primary N) is 2. The van der Waals surface area contributed by atoms with Gasteiger partial charge in [0.25, 0.3) is 5.91 Å². The van der Waals surface area contributed by atoms with Crippen molar-refractivity contribution in [2.45, 2.75) is 25.9 Å². The highest BCUT2D eigenvalue weighted by Gasteiger charge is 2.18. The second kappa shape index (κ2) is 8.01. The zero-order chi connectivity index (χ0) is 20.3. The highest BCUT2D eigenvalue weighted by molar-refractivity contribution is 5.98. The third-order valence-electron chi connectivity index (χ3n) is 4.19. The van der Waals surface area contributed by atoms with Gasteiger partial charge in [-0.3, -0.25) is 4.79 Å². The van der Waals surface area contributed by atoms with Gasteiger partial charge in [-0.2, -0.15) is 0 Å². The molecular formula is C18H21FN8O. The second-order valence-electron chi connectivity index (χ2n) is 6.39. The lowest BCUT2D eigenvalue weighted by Gasteiger charge is -2.20. The fourth-order valence-electron chi connectivity index (χ4n) is 2.43. The third-order valence-corrected chi connectivity index (χ3v) is 4.19. The Morgan fingerprint density at radius 3 is 2.68 bits per heavy atom. The maximum absolute atomic E-state index is 14.4. The average Bonchev–Trinajstić information content (AvgIpc) is 3.19. The quantitative estimate of drug-likeness (QED) is 0.487. The first-order valence-electron chi connectivity index (χ1n) is 8.61. The van der Waals surface area contributed by atoms with Crippen LogP contribution < -0.4 is 22.1 Å². The van der Waals surface area contributed by atoms with Crippen molar-refractivity contribution in [3.63, 3.8) is 0 Å². The molecular weight excluding hydrogens is 363 g/mol. The molecule has 2 aromatic heterocycles. The lowest BCUT2D eigenvalue weighted by atomic mass is 10.1. The molecule has 1 aromatic carbocycles. The number of carbonyl (C=O) groups excluding carboxylic acids is 1. The summed E-state index contributed by atoms with van der Waals surface area (Å²) in [7, 11) is 0. The van der Waals surface area contributed by atoms with Crippen molar-refractivity contribution in [1.29, 1.82) is 0 Å². The summed E-state index contributed by atoms with van der Waals surface area (Å²) in [5.41, 5.74) is 12.5. The number of hydrogen-bond donors (Lipinski definition) is 4. The standard InChI is InChI=1S/C18H21FN8O/c1-10(20)11(2)23-18-15(19)9-14(16(21)28)17(25-18)24-12-4-3-5-13(8-12)27-7-6-22-26-27/h3-11H,20H2,1-2H3,(H2,21,28)(H2,23,24,25). The van der Waals surface area contributed by atoms with Gasteiger partial charge in [0.1, 0.15) is 5.82 Å². The minimum atomic E-state index is -0.798. The minimum Gasteiger partial charge on any atom is -0.365 e. The first kappa shape index (κ1) is 19.2. The van der Waals surface area contributed by atoms with Gasteiger partial charge >= 0.3 is 0 Å². The van der Waals surface area contributed by atoms with Gasteiger partial charge in [0.05, 0.1) is 23.6 Å². The van der Waals surface area contributed by atoms with Crippen LogP contribution in [0.1, 0.15) is 24.2 Å². The molecule has 146 valence electrons. The lowest BCUT2D eigenvalue weighted by molar-refractivity contribution is 0.100. The summed E-state index contributed by atoms with van der Waals surface area (Å²) in [5.74, 6) is -1.38. The maximum atomic E-state index is 14.4. The van der Waals surface area contributed by atoms with E-state index in [2.05, 4.69) is 25.9 Å². The van der Waals surface area contributed by atoms with Crippen LogP contribution in [0.15, 0.2) is 42.7 Å². The molecule has 0 aliphatic carbocycles. The van der Waals surface area contributed by atoms with Crippen molar-refractivity contribution >= 4 is 23.2 Å². The van der Waals surface area contributed by atoms with Crippen LogP contribution in [0, 0.1) is 5.82 Å². The fraction of sp³-hybridized carbons (Fsp3) is 0.222. The molecule has 2 heterocycles. The number of pyridine rings is 1. The number of benzene rings is 1. The lowest BCUT2D eigenvalue weighted by Crippen LogP contribution is -2.35. The Morgan fingerprint density at radius 1 is 1.25 bits per heavy atom. The molecule has 10 heteroatoms. The molecule has 0 saturated carbocycles. The van der Waals surface area contributed by atoms with E-state index in [0.29, 0.717) is 5.69 Å². The van der Waals surface area contributed by atoms with E-state index in [1.807, 2.05) is 13.0 Å². The number of nitrogens with zero attached hydrogens (tertiary/aromatic N) is 4. The Hall–Kier alpha value is -3.53. The molecule has 2 atom stereocenters. The second-order valence-corrected chi connectivity index (χ2v) is 6.39. The van der Waals surface area contributed by atoms with Crippen LogP contribution in [-0.4, -0.2) is 38.0 Å². The molecule has 0 radical (unpaired) electrons. The van der Waals surface area contributed by atoms with E-state index in [4.69, 9.17) is 11.5 Å². The van der Waals surface area contributed by atoms with Gasteiger partial charge in [-0.15, -0.1) is 5.10 Å². The Kier molecular flexibility index (Phi) is 5.50. The number of halogens is 1. The number of anilines is 3. The summed E-state index contributed by atoms with van der Waals surface area (Å²) in [5, 5.41) is 13.6. The molecule has 0 spiro atoms. The van der Waals surface area contributed by atoms with E-state index in [-0.39, 0.29) is 29.3 Å². The number of hydrogen-bond acceptors (Lipinski definition) is 7. The first-order valence-corrected chi connectivity index (χ1v) is 8.61. The summed E-state index contributed by atoms with van der Waals surface area (Å²) < 4.78 is 16.0. The van der Waals surface area contributed by atoms with Crippen LogP contribution >= 0.6 is 0 Å². The van der Waals surface area contributed by atoms with Crippen LogP contribution in [0.4, 0.5) is 21.7 Å². The third kappa shape index (κ3) is 4.23. The van der Waals surface area contributed by atoms with E-state index in [1.165, 1.54) is 0 Å². The molecule has 1 amide bonds. The summed E-state index contributed by atoms with van der Waals surface area (Å²) in [6.45, 7) is 3.60. The van der Waals surface area contributed by atoms with Crippen molar-refractivity contribution in [2.24, 2.45) is 11.5 Å². The SMILES string of the molecule is CC(N)C(C)Nc1nc(Nc2cccc(-n3ccnn3)c2)c(C(N)=O)cc1F. The maximum Gasteiger partial charge on any atom is 0.252 e. The molecule has 0 saturated heterocycles. The Bertz CT molecular complexity index is 974. The molecule has 2 unspecified atom stereocenters. The summed E-state index contributed by atoms with van der Waals surface area (Å²) in [6.07, 6.45) is 3.26. The van der Waals surface area contributed by atoms with E-state index in [9.17, 15) is 9.18 Å². The van der Waals surface area contributed by atoms with Crippen LogP contribution in [0.5, 0.6) is 0 Å². The summed E-state index contributed by atoms with van der Waals surface area (Å²) in [6, 6.07) is 7.78. The van der Waals surface area contributed by atoms with Crippen molar-refractivity contribution in [3.8, 4) is 5.69 Å². The zero-order valence-corrected chi connectivity index (χ0v) is 15.4.